The Kier molecular flexibility index (Phi) is 6.61. The van der Waals surface area contributed by atoms with Gasteiger partial charge in [-0.05, 0) is 67.4 Å². The molecule has 6 rings (SSSR count). The van der Waals surface area contributed by atoms with Gasteiger partial charge in [0.25, 0.3) is 15.9 Å². The first kappa shape index (κ1) is 28.5. The van der Waals surface area contributed by atoms with E-state index < -0.39 is 33.6 Å². The van der Waals surface area contributed by atoms with Gasteiger partial charge in [-0.2, -0.15) is 13.2 Å². The standard InChI is InChI=1S/C32H25F3N2O5S/c1-18-4-11-23(12-5-18)43(40,41)37-26-13-6-19(2)14-24(26)28-27-21(15-25(29(28)37)31(39)42-3)17-36(30(27)38)16-20-7-9-22(10-8-20)32(33,34)35/h4-15H,16-17H2,1-3H3. The molecule has 0 aliphatic carbocycles. The van der Waals surface area contributed by atoms with Crippen molar-refractivity contribution in [2.45, 2.75) is 38.0 Å². The molecule has 0 saturated heterocycles. The van der Waals surface area contributed by atoms with Gasteiger partial charge >= 0.3 is 12.1 Å². The topological polar surface area (TPSA) is 85.7 Å². The molecule has 0 radical (unpaired) electrons. The molecule has 0 fully saturated rings. The molecule has 5 aromatic rings. The number of nitrogens with zero attached hydrogens (tertiary/aromatic N) is 2. The van der Waals surface area contributed by atoms with Gasteiger partial charge in [0.05, 0.1) is 39.7 Å². The predicted molar refractivity (Wildman–Crippen MR) is 154 cm³/mol. The number of alkyl halides is 3. The molecule has 0 bridgehead atoms. The highest BCUT2D eigenvalue weighted by atomic mass is 32.2. The molecule has 2 heterocycles. The number of carbonyl (C=O) groups is 2. The minimum Gasteiger partial charge on any atom is -0.465 e. The summed E-state index contributed by atoms with van der Waals surface area (Å²) in [6.07, 6.45) is -4.49. The van der Waals surface area contributed by atoms with Gasteiger partial charge in [0.1, 0.15) is 0 Å². The van der Waals surface area contributed by atoms with Crippen molar-refractivity contribution in [1.82, 2.24) is 8.87 Å². The van der Waals surface area contributed by atoms with Crippen molar-refractivity contribution in [3.05, 3.63) is 112 Å². The van der Waals surface area contributed by atoms with E-state index in [1.807, 2.05) is 13.8 Å². The Hall–Kier alpha value is -4.64. The third-order valence-corrected chi connectivity index (χ3v) is 9.43. The zero-order chi connectivity index (χ0) is 30.8. The van der Waals surface area contributed by atoms with Crippen LogP contribution in [0.4, 0.5) is 13.2 Å². The summed E-state index contributed by atoms with van der Waals surface area (Å²) in [6, 6.07) is 17.5. The summed E-state index contributed by atoms with van der Waals surface area (Å²) in [5.74, 6) is -1.20. The molecule has 7 nitrogen and oxygen atoms in total. The zero-order valence-electron chi connectivity index (χ0n) is 23.3. The van der Waals surface area contributed by atoms with Crippen LogP contribution in [0.2, 0.25) is 0 Å². The van der Waals surface area contributed by atoms with Gasteiger partial charge in [-0.1, -0.05) is 41.5 Å². The van der Waals surface area contributed by atoms with Crippen molar-refractivity contribution in [3.63, 3.8) is 0 Å². The Balaban J connectivity index is 1.59. The van der Waals surface area contributed by atoms with Gasteiger partial charge < -0.3 is 9.64 Å². The Bertz CT molecular complexity index is 2060. The molecule has 1 amide bonds. The fraction of sp³-hybridized carbons (Fsp3) is 0.188. The zero-order valence-corrected chi connectivity index (χ0v) is 24.1. The first-order valence-electron chi connectivity index (χ1n) is 13.3. The van der Waals surface area contributed by atoms with Crippen molar-refractivity contribution in [2.75, 3.05) is 7.11 Å². The third kappa shape index (κ3) is 4.64. The van der Waals surface area contributed by atoms with Crippen LogP contribution in [0.3, 0.4) is 0 Å². The van der Waals surface area contributed by atoms with Gasteiger partial charge in [0, 0.05) is 23.9 Å². The Morgan fingerprint density at radius 1 is 0.930 bits per heavy atom. The number of amides is 1. The molecule has 1 aromatic heterocycles. The lowest BCUT2D eigenvalue weighted by Gasteiger charge is -2.16. The fourth-order valence-electron chi connectivity index (χ4n) is 5.63. The number of rotatable bonds is 5. The maximum Gasteiger partial charge on any atom is 0.416 e. The number of hydrogen-bond donors (Lipinski definition) is 0. The lowest BCUT2D eigenvalue weighted by atomic mass is 9.98. The molecule has 0 N–H and O–H groups in total. The lowest BCUT2D eigenvalue weighted by molar-refractivity contribution is -0.137. The third-order valence-electron chi connectivity index (χ3n) is 7.71. The quantitative estimate of drug-likeness (QED) is 0.210. The van der Waals surface area contributed by atoms with Crippen LogP contribution in [-0.2, 0) is 34.0 Å². The van der Waals surface area contributed by atoms with Crippen molar-refractivity contribution in [3.8, 4) is 0 Å². The van der Waals surface area contributed by atoms with Gasteiger partial charge in [-0.25, -0.2) is 17.2 Å². The van der Waals surface area contributed by atoms with E-state index in [4.69, 9.17) is 4.74 Å². The summed E-state index contributed by atoms with van der Waals surface area (Å²) in [5.41, 5.74) is 2.37. The number of aryl methyl sites for hydroxylation is 2. The van der Waals surface area contributed by atoms with Crippen LogP contribution in [0.15, 0.2) is 77.7 Å². The maximum atomic E-state index is 14.2. The lowest BCUT2D eigenvalue weighted by Crippen LogP contribution is -2.23. The molecule has 0 saturated carbocycles. The number of hydrogen-bond acceptors (Lipinski definition) is 5. The summed E-state index contributed by atoms with van der Waals surface area (Å²) in [6.45, 7) is 3.75. The number of fused-ring (bicyclic) bond motifs is 5. The summed E-state index contributed by atoms with van der Waals surface area (Å²) >= 11 is 0. The van der Waals surface area contributed by atoms with Crippen molar-refractivity contribution in [1.29, 1.82) is 0 Å². The first-order valence-corrected chi connectivity index (χ1v) is 14.7. The van der Waals surface area contributed by atoms with E-state index >= 15 is 0 Å². The van der Waals surface area contributed by atoms with Gasteiger partial charge in [0.2, 0.25) is 0 Å². The van der Waals surface area contributed by atoms with Gasteiger partial charge in [-0.15, -0.1) is 0 Å². The second-order valence-corrected chi connectivity index (χ2v) is 12.4. The molecule has 0 spiro atoms. The molecule has 43 heavy (non-hydrogen) atoms. The van der Waals surface area contributed by atoms with E-state index in [1.165, 1.54) is 42.3 Å². The van der Waals surface area contributed by atoms with Gasteiger partial charge in [-0.3, -0.25) is 4.79 Å². The average molecular weight is 607 g/mol. The van der Waals surface area contributed by atoms with E-state index in [0.29, 0.717) is 21.9 Å². The van der Waals surface area contributed by atoms with Gasteiger partial charge in [0.15, 0.2) is 0 Å². The number of ether oxygens (including phenoxy) is 1. The SMILES string of the molecule is COC(=O)c1cc2c(c3c4cc(C)ccc4n(S(=O)(=O)c4ccc(C)cc4)c13)C(=O)N(Cc1ccc(C(F)(F)F)cc1)C2. The summed E-state index contributed by atoms with van der Waals surface area (Å²) in [7, 11) is -3.07. The number of carbonyl (C=O) groups excluding carboxylic acids is 2. The Morgan fingerprint density at radius 2 is 1.58 bits per heavy atom. The largest absolute Gasteiger partial charge is 0.465 e. The summed E-state index contributed by atoms with van der Waals surface area (Å²) in [5, 5.41) is 0.768. The Labute approximate surface area is 245 Å². The molecule has 11 heteroatoms. The van der Waals surface area contributed by atoms with E-state index in [0.717, 1.165) is 27.2 Å². The van der Waals surface area contributed by atoms with Crippen LogP contribution in [0.25, 0.3) is 21.8 Å². The fourth-order valence-corrected chi connectivity index (χ4v) is 7.17. The second-order valence-electron chi connectivity index (χ2n) is 10.6. The summed E-state index contributed by atoms with van der Waals surface area (Å²) < 4.78 is 73.8. The van der Waals surface area contributed by atoms with E-state index in [9.17, 15) is 31.2 Å². The van der Waals surface area contributed by atoms with Crippen LogP contribution in [-0.4, -0.2) is 36.3 Å². The Morgan fingerprint density at radius 3 is 2.21 bits per heavy atom. The molecule has 220 valence electrons. The molecule has 1 aliphatic rings. The number of aromatic nitrogens is 1. The van der Waals surface area contributed by atoms with Crippen LogP contribution >= 0.6 is 0 Å². The number of benzene rings is 4. The molecule has 4 aromatic carbocycles. The van der Waals surface area contributed by atoms with Crippen LogP contribution in [0.1, 0.15) is 48.5 Å². The normalized spacial score (nSPS) is 13.6. The van der Waals surface area contributed by atoms with Crippen LogP contribution in [0.5, 0.6) is 0 Å². The maximum absolute atomic E-state index is 14.2. The van der Waals surface area contributed by atoms with Crippen molar-refractivity contribution < 1.29 is 35.9 Å². The van der Waals surface area contributed by atoms with Crippen molar-refractivity contribution >= 4 is 43.7 Å². The smallest absolute Gasteiger partial charge is 0.416 e. The predicted octanol–water partition coefficient (Wildman–Crippen LogP) is 6.61. The average Bonchev–Trinajstić information content (AvgIpc) is 3.46. The summed E-state index contributed by atoms with van der Waals surface area (Å²) in [4.78, 5) is 28.6. The molecule has 0 atom stereocenters. The number of halogens is 3. The number of esters is 1. The van der Waals surface area contributed by atoms with Crippen LogP contribution < -0.4 is 0 Å². The minimum absolute atomic E-state index is 0.00375. The molecular formula is C32H25F3N2O5S. The monoisotopic (exact) mass is 606 g/mol. The molecular weight excluding hydrogens is 581 g/mol. The molecule has 0 unspecified atom stereocenters. The van der Waals surface area contributed by atoms with E-state index in [-0.39, 0.29) is 40.1 Å². The highest BCUT2D eigenvalue weighted by Gasteiger charge is 2.37. The van der Waals surface area contributed by atoms with Crippen LogP contribution in [0, 0.1) is 13.8 Å². The molecule has 1 aliphatic heterocycles. The highest BCUT2D eigenvalue weighted by molar-refractivity contribution is 7.90. The van der Waals surface area contributed by atoms with E-state index in [1.54, 1.807) is 30.3 Å². The number of methoxy groups -OCH3 is 1. The second kappa shape index (κ2) is 9.98. The first-order chi connectivity index (χ1) is 20.3. The highest BCUT2D eigenvalue weighted by Crippen LogP contribution is 2.42. The minimum atomic E-state index is -4.49. The van der Waals surface area contributed by atoms with E-state index in [2.05, 4.69) is 0 Å². The van der Waals surface area contributed by atoms with Crippen molar-refractivity contribution in [2.24, 2.45) is 0 Å².